The van der Waals surface area contributed by atoms with Gasteiger partial charge in [-0.05, 0) is 31.2 Å². The first-order valence-corrected chi connectivity index (χ1v) is 6.05. The maximum atomic E-state index is 13.1. The number of hydrogen-bond donors (Lipinski definition) is 1. The Labute approximate surface area is 115 Å². The standard InChI is InChI=1S/C12H13FN2OS.ClH/c1-8-15-11-3-2-10(6-12(11)17-8)16-7-9(13)4-5-14;/h2-4,6H,5,7,14H2,1H3;1H/b9-4+;. The predicted molar refractivity (Wildman–Crippen MR) is 75.3 cm³/mol. The Morgan fingerprint density at radius 2 is 2.33 bits per heavy atom. The fourth-order valence-electron chi connectivity index (χ4n) is 1.45. The highest BCUT2D eigenvalue weighted by atomic mass is 35.5. The molecule has 0 unspecified atom stereocenters. The predicted octanol–water partition coefficient (Wildman–Crippen LogP) is 3.22. The van der Waals surface area contributed by atoms with E-state index in [1.54, 1.807) is 17.4 Å². The highest BCUT2D eigenvalue weighted by Crippen LogP contribution is 2.26. The molecular formula is C12H14ClFN2OS. The van der Waals surface area contributed by atoms with Crippen LogP contribution < -0.4 is 10.5 Å². The molecule has 1 aromatic heterocycles. The fourth-order valence-corrected chi connectivity index (χ4v) is 2.30. The number of aryl methyl sites for hydroxylation is 1. The molecule has 0 aliphatic rings. The van der Waals surface area contributed by atoms with Crippen molar-refractivity contribution in [2.75, 3.05) is 13.2 Å². The van der Waals surface area contributed by atoms with E-state index in [-0.39, 0.29) is 31.4 Å². The smallest absolute Gasteiger partial charge is 0.139 e. The van der Waals surface area contributed by atoms with Crippen LogP contribution in [0.15, 0.2) is 30.1 Å². The summed E-state index contributed by atoms with van der Waals surface area (Å²) >= 11 is 1.59. The molecule has 0 aliphatic heterocycles. The summed E-state index contributed by atoms with van der Waals surface area (Å²) in [5, 5.41) is 1.01. The highest BCUT2D eigenvalue weighted by molar-refractivity contribution is 7.18. The zero-order valence-corrected chi connectivity index (χ0v) is 11.5. The van der Waals surface area contributed by atoms with Crippen LogP contribution in [0.3, 0.4) is 0 Å². The van der Waals surface area contributed by atoms with Crippen LogP contribution in [0.4, 0.5) is 4.39 Å². The number of thiazole rings is 1. The molecule has 2 rings (SSSR count). The van der Waals surface area contributed by atoms with Gasteiger partial charge >= 0.3 is 0 Å². The summed E-state index contributed by atoms with van der Waals surface area (Å²) in [4.78, 5) is 4.34. The first-order valence-electron chi connectivity index (χ1n) is 5.23. The van der Waals surface area contributed by atoms with E-state index >= 15 is 0 Å². The van der Waals surface area contributed by atoms with E-state index in [1.807, 2.05) is 19.1 Å². The number of benzene rings is 1. The molecule has 0 fully saturated rings. The molecule has 1 aromatic carbocycles. The minimum Gasteiger partial charge on any atom is -0.486 e. The SMILES string of the molecule is Cc1nc2ccc(OC/C(F)=C\CN)cc2s1.Cl. The summed E-state index contributed by atoms with van der Waals surface area (Å²) in [7, 11) is 0. The number of ether oxygens (including phenoxy) is 1. The van der Waals surface area contributed by atoms with Crippen LogP contribution >= 0.6 is 23.7 Å². The molecule has 18 heavy (non-hydrogen) atoms. The molecule has 0 atom stereocenters. The Kier molecular flexibility index (Phi) is 5.53. The van der Waals surface area contributed by atoms with Crippen molar-refractivity contribution >= 4 is 34.0 Å². The number of halogens is 2. The second-order valence-corrected chi connectivity index (χ2v) is 4.77. The Hall–Kier alpha value is -1.17. The van der Waals surface area contributed by atoms with Crippen molar-refractivity contribution in [2.24, 2.45) is 5.73 Å². The normalized spacial score (nSPS) is 11.4. The number of hydrogen-bond acceptors (Lipinski definition) is 4. The maximum absolute atomic E-state index is 13.1. The fraction of sp³-hybridized carbons (Fsp3) is 0.250. The number of nitrogens with two attached hydrogens (primary N) is 1. The number of fused-ring (bicyclic) bond motifs is 1. The topological polar surface area (TPSA) is 48.1 Å². The van der Waals surface area contributed by atoms with Crippen LogP contribution in [0.5, 0.6) is 5.75 Å². The first-order chi connectivity index (χ1) is 8.19. The maximum Gasteiger partial charge on any atom is 0.139 e. The van der Waals surface area contributed by atoms with Crippen LogP contribution in [0.25, 0.3) is 10.2 Å². The molecule has 0 saturated carbocycles. The quantitative estimate of drug-likeness (QED) is 0.940. The minimum absolute atomic E-state index is 0. The highest BCUT2D eigenvalue weighted by Gasteiger charge is 2.03. The lowest BCUT2D eigenvalue weighted by Gasteiger charge is -2.03. The van der Waals surface area contributed by atoms with Gasteiger partial charge in [-0.1, -0.05) is 0 Å². The molecule has 2 aromatic rings. The lowest BCUT2D eigenvalue weighted by Crippen LogP contribution is -2.01. The Bertz CT molecular complexity index is 556. The van der Waals surface area contributed by atoms with Crippen LogP contribution in [-0.2, 0) is 0 Å². The van der Waals surface area contributed by atoms with E-state index in [9.17, 15) is 4.39 Å². The third-order valence-electron chi connectivity index (χ3n) is 2.18. The molecule has 2 N–H and O–H groups in total. The van der Waals surface area contributed by atoms with Gasteiger partial charge in [0, 0.05) is 6.54 Å². The van der Waals surface area contributed by atoms with E-state index in [4.69, 9.17) is 10.5 Å². The summed E-state index contributed by atoms with van der Waals surface area (Å²) in [6.45, 7) is 2.05. The average molecular weight is 289 g/mol. The molecule has 0 saturated heterocycles. The van der Waals surface area contributed by atoms with E-state index < -0.39 is 0 Å². The Morgan fingerprint density at radius 3 is 3.06 bits per heavy atom. The van der Waals surface area contributed by atoms with Crippen molar-refractivity contribution in [3.8, 4) is 5.75 Å². The van der Waals surface area contributed by atoms with Crippen molar-refractivity contribution < 1.29 is 9.13 Å². The van der Waals surface area contributed by atoms with Crippen molar-refractivity contribution in [3.63, 3.8) is 0 Å². The second kappa shape index (κ2) is 6.68. The van der Waals surface area contributed by atoms with Gasteiger partial charge in [-0.2, -0.15) is 0 Å². The van der Waals surface area contributed by atoms with Gasteiger partial charge < -0.3 is 10.5 Å². The third kappa shape index (κ3) is 3.66. The number of nitrogens with zero attached hydrogens (tertiary/aromatic N) is 1. The Morgan fingerprint density at radius 1 is 1.56 bits per heavy atom. The van der Waals surface area contributed by atoms with Crippen molar-refractivity contribution in [3.05, 3.63) is 35.1 Å². The van der Waals surface area contributed by atoms with Gasteiger partial charge in [0.1, 0.15) is 18.2 Å². The third-order valence-corrected chi connectivity index (χ3v) is 3.12. The summed E-state index contributed by atoms with van der Waals surface area (Å²) < 4.78 is 19.4. The van der Waals surface area contributed by atoms with E-state index in [0.717, 1.165) is 15.2 Å². The first kappa shape index (κ1) is 14.9. The zero-order chi connectivity index (χ0) is 12.3. The largest absolute Gasteiger partial charge is 0.486 e. The summed E-state index contributed by atoms with van der Waals surface area (Å²) in [5.74, 6) is 0.287. The molecule has 1 heterocycles. The summed E-state index contributed by atoms with van der Waals surface area (Å²) in [5.41, 5.74) is 6.14. The van der Waals surface area contributed by atoms with Gasteiger partial charge in [-0.25, -0.2) is 9.37 Å². The van der Waals surface area contributed by atoms with Gasteiger partial charge in [-0.3, -0.25) is 0 Å². The minimum atomic E-state index is -0.354. The molecule has 0 aliphatic carbocycles. The monoisotopic (exact) mass is 288 g/mol. The van der Waals surface area contributed by atoms with Crippen LogP contribution in [0.1, 0.15) is 5.01 Å². The van der Waals surface area contributed by atoms with Crippen molar-refractivity contribution in [1.29, 1.82) is 0 Å². The lowest BCUT2D eigenvalue weighted by atomic mass is 10.3. The van der Waals surface area contributed by atoms with Crippen molar-refractivity contribution in [2.45, 2.75) is 6.92 Å². The van der Waals surface area contributed by atoms with Gasteiger partial charge in [-0.15, -0.1) is 23.7 Å². The molecule has 0 bridgehead atoms. The van der Waals surface area contributed by atoms with Gasteiger partial charge in [0.2, 0.25) is 0 Å². The zero-order valence-electron chi connectivity index (χ0n) is 9.85. The molecule has 3 nitrogen and oxygen atoms in total. The lowest BCUT2D eigenvalue weighted by molar-refractivity contribution is 0.318. The number of rotatable bonds is 4. The molecule has 0 amide bonds. The van der Waals surface area contributed by atoms with Crippen molar-refractivity contribution in [1.82, 2.24) is 4.98 Å². The molecule has 98 valence electrons. The number of aromatic nitrogens is 1. The molecule has 6 heteroatoms. The van der Waals surface area contributed by atoms with Crippen LogP contribution in [-0.4, -0.2) is 18.1 Å². The van der Waals surface area contributed by atoms with E-state index in [1.165, 1.54) is 6.08 Å². The van der Waals surface area contributed by atoms with E-state index in [2.05, 4.69) is 4.98 Å². The second-order valence-electron chi connectivity index (χ2n) is 3.54. The van der Waals surface area contributed by atoms with E-state index in [0.29, 0.717) is 5.75 Å². The molecule has 0 radical (unpaired) electrons. The summed E-state index contributed by atoms with van der Waals surface area (Å²) in [6.07, 6.45) is 1.30. The summed E-state index contributed by atoms with van der Waals surface area (Å²) in [6, 6.07) is 5.53. The molecule has 0 spiro atoms. The Balaban J connectivity index is 0.00000162. The average Bonchev–Trinajstić information content (AvgIpc) is 2.66. The van der Waals surface area contributed by atoms with Gasteiger partial charge in [0.15, 0.2) is 0 Å². The molecular weight excluding hydrogens is 275 g/mol. The van der Waals surface area contributed by atoms with Crippen LogP contribution in [0.2, 0.25) is 0 Å². The van der Waals surface area contributed by atoms with Gasteiger partial charge in [0.25, 0.3) is 0 Å². The van der Waals surface area contributed by atoms with Crippen LogP contribution in [0, 0.1) is 6.92 Å². The van der Waals surface area contributed by atoms with Gasteiger partial charge in [0.05, 0.1) is 15.2 Å².